The van der Waals surface area contributed by atoms with Gasteiger partial charge >= 0.3 is 0 Å². The summed E-state index contributed by atoms with van der Waals surface area (Å²) in [6, 6.07) is 16.8. The second-order valence-corrected chi connectivity index (χ2v) is 5.62. The van der Waals surface area contributed by atoms with Gasteiger partial charge in [0.05, 0.1) is 5.69 Å². The van der Waals surface area contributed by atoms with Crippen molar-refractivity contribution < 1.29 is 18.8 Å². The van der Waals surface area contributed by atoms with Crippen molar-refractivity contribution in [2.24, 2.45) is 0 Å². The van der Waals surface area contributed by atoms with Gasteiger partial charge in [-0.2, -0.15) is 0 Å². The highest BCUT2D eigenvalue weighted by Gasteiger charge is 2.16. The largest absolute Gasteiger partial charge is 0.454 e. The summed E-state index contributed by atoms with van der Waals surface area (Å²) in [6.45, 7) is 0.657. The summed E-state index contributed by atoms with van der Waals surface area (Å²) < 4.78 is 15.9. The van der Waals surface area contributed by atoms with Gasteiger partial charge in [-0.1, -0.05) is 35.5 Å². The third-order valence-electron chi connectivity index (χ3n) is 3.92. The molecule has 2 aromatic carbocycles. The van der Waals surface area contributed by atoms with Gasteiger partial charge in [0.1, 0.15) is 0 Å². The number of hydrogen-bond donors (Lipinski definition) is 1. The fourth-order valence-electron chi connectivity index (χ4n) is 2.61. The van der Waals surface area contributed by atoms with Crippen LogP contribution in [0.3, 0.4) is 0 Å². The Morgan fingerprint density at radius 2 is 1.88 bits per heavy atom. The summed E-state index contributed by atoms with van der Waals surface area (Å²) in [5.41, 5.74) is 2.31. The number of hydrogen-bond acceptors (Lipinski definition) is 5. The fourth-order valence-corrected chi connectivity index (χ4v) is 2.61. The Bertz CT molecular complexity index is 889. The molecule has 1 aliphatic rings. The molecule has 1 aliphatic heterocycles. The van der Waals surface area contributed by atoms with Crippen LogP contribution in [0.2, 0.25) is 0 Å². The molecule has 4 rings (SSSR count). The van der Waals surface area contributed by atoms with Crippen molar-refractivity contribution in [2.45, 2.75) is 6.42 Å². The van der Waals surface area contributed by atoms with Crippen LogP contribution in [-0.2, 0) is 6.42 Å². The first-order valence-corrected chi connectivity index (χ1v) is 7.98. The van der Waals surface area contributed by atoms with Crippen LogP contribution in [-0.4, -0.2) is 24.4 Å². The lowest BCUT2D eigenvalue weighted by Crippen LogP contribution is -2.25. The Morgan fingerprint density at radius 1 is 1.04 bits per heavy atom. The lowest BCUT2D eigenvalue weighted by Gasteiger charge is -2.04. The Kier molecular flexibility index (Phi) is 4.08. The molecule has 0 spiro atoms. The number of nitrogens with one attached hydrogen (secondary N) is 1. The molecule has 1 N–H and O–H groups in total. The normalized spacial score (nSPS) is 12.2. The molecule has 1 amide bonds. The molecule has 0 saturated heterocycles. The molecule has 2 heterocycles. The molecule has 0 aliphatic carbocycles. The van der Waals surface area contributed by atoms with Gasteiger partial charge < -0.3 is 19.3 Å². The van der Waals surface area contributed by atoms with E-state index in [9.17, 15) is 4.79 Å². The van der Waals surface area contributed by atoms with E-state index < -0.39 is 0 Å². The van der Waals surface area contributed by atoms with Crippen molar-refractivity contribution in [3.63, 3.8) is 0 Å². The van der Waals surface area contributed by atoms with Crippen molar-refractivity contribution in [2.75, 3.05) is 13.3 Å². The summed E-state index contributed by atoms with van der Waals surface area (Å²) in [4.78, 5) is 12.2. The maximum atomic E-state index is 12.2. The number of rotatable bonds is 5. The number of carbonyl (C=O) groups excluding carboxylic acids is 1. The van der Waals surface area contributed by atoms with E-state index in [1.807, 2.05) is 36.4 Å². The first kappa shape index (κ1) is 15.3. The number of fused-ring (bicyclic) bond motifs is 1. The van der Waals surface area contributed by atoms with E-state index in [0.29, 0.717) is 30.0 Å². The summed E-state index contributed by atoms with van der Waals surface area (Å²) in [5.74, 6) is 1.81. The standard InChI is InChI=1S/C19H16N2O4/c22-19(14-6-7-16-18(10-14)24-12-23-16)20-9-8-15-11-17(25-21-15)13-4-2-1-3-5-13/h1-7,10-11H,8-9,12H2,(H,20,22). The molecule has 1 aromatic heterocycles. The first-order chi connectivity index (χ1) is 12.3. The van der Waals surface area contributed by atoms with E-state index in [0.717, 1.165) is 17.0 Å². The molecule has 6 heteroatoms. The highest BCUT2D eigenvalue weighted by molar-refractivity contribution is 5.94. The van der Waals surface area contributed by atoms with Gasteiger partial charge in [-0.05, 0) is 18.2 Å². The molecule has 0 saturated carbocycles. The molecule has 126 valence electrons. The maximum absolute atomic E-state index is 12.2. The Morgan fingerprint density at radius 3 is 2.76 bits per heavy atom. The van der Waals surface area contributed by atoms with Gasteiger partial charge in [0.15, 0.2) is 17.3 Å². The average Bonchev–Trinajstić information content (AvgIpc) is 3.31. The van der Waals surface area contributed by atoms with E-state index in [1.165, 1.54) is 0 Å². The predicted octanol–water partition coefficient (Wildman–Crippen LogP) is 3.04. The third kappa shape index (κ3) is 3.33. The number of benzene rings is 2. The van der Waals surface area contributed by atoms with Crippen molar-refractivity contribution in [3.05, 3.63) is 65.9 Å². The zero-order valence-electron chi connectivity index (χ0n) is 13.4. The van der Waals surface area contributed by atoms with Crippen LogP contribution in [0.1, 0.15) is 16.1 Å². The molecule has 6 nitrogen and oxygen atoms in total. The molecular formula is C19H16N2O4. The lowest BCUT2D eigenvalue weighted by molar-refractivity contribution is 0.0953. The van der Waals surface area contributed by atoms with E-state index in [2.05, 4.69) is 10.5 Å². The molecule has 0 bridgehead atoms. The Labute approximate surface area is 144 Å². The fraction of sp³-hybridized carbons (Fsp3) is 0.158. The van der Waals surface area contributed by atoms with Gasteiger partial charge in [-0.25, -0.2) is 0 Å². The van der Waals surface area contributed by atoms with E-state index >= 15 is 0 Å². The van der Waals surface area contributed by atoms with Gasteiger partial charge in [0, 0.05) is 30.2 Å². The van der Waals surface area contributed by atoms with Crippen molar-refractivity contribution >= 4 is 5.91 Å². The third-order valence-corrected chi connectivity index (χ3v) is 3.92. The minimum Gasteiger partial charge on any atom is -0.454 e. The monoisotopic (exact) mass is 336 g/mol. The lowest BCUT2D eigenvalue weighted by atomic mass is 10.1. The summed E-state index contributed by atoms with van der Waals surface area (Å²) >= 11 is 0. The van der Waals surface area contributed by atoms with Crippen LogP contribution in [0.4, 0.5) is 0 Å². The maximum Gasteiger partial charge on any atom is 0.251 e. The van der Waals surface area contributed by atoms with Crippen LogP contribution >= 0.6 is 0 Å². The average molecular weight is 336 g/mol. The predicted molar refractivity (Wildman–Crippen MR) is 90.5 cm³/mol. The molecule has 0 unspecified atom stereocenters. The quantitative estimate of drug-likeness (QED) is 0.775. The van der Waals surface area contributed by atoms with Crippen LogP contribution in [0.15, 0.2) is 59.1 Å². The van der Waals surface area contributed by atoms with Crippen LogP contribution < -0.4 is 14.8 Å². The highest BCUT2D eigenvalue weighted by Crippen LogP contribution is 2.32. The smallest absolute Gasteiger partial charge is 0.251 e. The SMILES string of the molecule is O=C(NCCc1cc(-c2ccccc2)on1)c1ccc2c(c1)OCO2. The van der Waals surface area contributed by atoms with Gasteiger partial charge in [0.2, 0.25) is 6.79 Å². The van der Waals surface area contributed by atoms with E-state index in [1.54, 1.807) is 18.2 Å². The second-order valence-electron chi connectivity index (χ2n) is 5.62. The minimum atomic E-state index is -0.162. The number of nitrogens with zero attached hydrogens (tertiary/aromatic N) is 1. The number of carbonyl (C=O) groups is 1. The number of aromatic nitrogens is 1. The molecule has 3 aromatic rings. The van der Waals surface area contributed by atoms with Gasteiger partial charge in [-0.15, -0.1) is 0 Å². The molecule has 0 fully saturated rings. The highest BCUT2D eigenvalue weighted by atomic mass is 16.7. The van der Waals surface area contributed by atoms with Gasteiger partial charge in [0.25, 0.3) is 5.91 Å². The van der Waals surface area contributed by atoms with Crippen LogP contribution in [0, 0.1) is 0 Å². The Balaban J connectivity index is 1.33. The van der Waals surface area contributed by atoms with Crippen molar-refractivity contribution in [1.29, 1.82) is 0 Å². The van der Waals surface area contributed by atoms with Crippen LogP contribution in [0.5, 0.6) is 11.5 Å². The minimum absolute atomic E-state index is 0.162. The van der Waals surface area contributed by atoms with E-state index in [-0.39, 0.29) is 12.7 Å². The zero-order chi connectivity index (χ0) is 17.1. The zero-order valence-corrected chi connectivity index (χ0v) is 13.4. The van der Waals surface area contributed by atoms with Crippen molar-refractivity contribution in [1.82, 2.24) is 10.5 Å². The van der Waals surface area contributed by atoms with Crippen LogP contribution in [0.25, 0.3) is 11.3 Å². The van der Waals surface area contributed by atoms with Gasteiger partial charge in [-0.3, -0.25) is 4.79 Å². The Hall–Kier alpha value is -3.28. The number of amides is 1. The molecule has 0 atom stereocenters. The summed E-state index contributed by atoms with van der Waals surface area (Å²) in [5, 5.41) is 6.92. The second kappa shape index (κ2) is 6.68. The molecular weight excluding hydrogens is 320 g/mol. The number of ether oxygens (including phenoxy) is 2. The molecule has 0 radical (unpaired) electrons. The topological polar surface area (TPSA) is 73.6 Å². The molecule has 25 heavy (non-hydrogen) atoms. The summed E-state index contributed by atoms with van der Waals surface area (Å²) in [6.07, 6.45) is 0.590. The van der Waals surface area contributed by atoms with E-state index in [4.69, 9.17) is 14.0 Å². The summed E-state index contributed by atoms with van der Waals surface area (Å²) in [7, 11) is 0. The first-order valence-electron chi connectivity index (χ1n) is 7.98. The van der Waals surface area contributed by atoms with Crippen molar-refractivity contribution in [3.8, 4) is 22.8 Å².